The standard InChI is InChI=1S/C12H15O2.C5H5.Fe/c1-8(11-6-4-5-7-11)12(9(2)13)10(3)14;1-2-4-5-3-1;/h4-8,12H,1-3H3;1-5H;/q;;+2/t8-;;/m0../s1. The van der Waals surface area contributed by atoms with E-state index in [9.17, 15) is 9.59 Å². The van der Waals surface area contributed by atoms with Crippen LogP contribution >= 0.6 is 0 Å². The Hall–Kier alpha value is -0.141. The van der Waals surface area contributed by atoms with Crippen molar-refractivity contribution in [1.29, 1.82) is 0 Å². The fraction of sp³-hybridized carbons (Fsp3) is 0.294. The van der Waals surface area contributed by atoms with Gasteiger partial charge in [-0.15, -0.1) is 0 Å². The van der Waals surface area contributed by atoms with Crippen molar-refractivity contribution < 1.29 is 26.7 Å². The molecule has 0 aromatic carbocycles. The third-order valence-electron chi connectivity index (χ3n) is 3.15. The second-order valence-corrected chi connectivity index (χ2v) is 4.67. The molecule has 2 aliphatic rings. The van der Waals surface area contributed by atoms with Crippen LogP contribution in [0.15, 0.2) is 0 Å². The van der Waals surface area contributed by atoms with E-state index in [1.54, 1.807) is 0 Å². The second kappa shape index (κ2) is 10.6. The molecule has 2 fully saturated rings. The molecular formula is C17H20FeO2+2. The molecule has 0 aromatic rings. The molecule has 0 aliphatic heterocycles. The van der Waals surface area contributed by atoms with E-state index in [1.807, 2.05) is 64.7 Å². The third kappa shape index (κ3) is 6.54. The van der Waals surface area contributed by atoms with Gasteiger partial charge in [-0.2, -0.15) is 0 Å². The zero-order chi connectivity index (χ0) is 14.3. The summed E-state index contributed by atoms with van der Waals surface area (Å²) in [5.74, 6) is 0.454. The van der Waals surface area contributed by atoms with Gasteiger partial charge in [0.2, 0.25) is 0 Å². The zero-order valence-corrected chi connectivity index (χ0v) is 13.1. The van der Waals surface area contributed by atoms with Gasteiger partial charge in [0.15, 0.2) is 0 Å². The van der Waals surface area contributed by atoms with E-state index in [1.165, 1.54) is 13.8 Å². The Labute approximate surface area is 134 Å². The molecule has 20 heavy (non-hydrogen) atoms. The van der Waals surface area contributed by atoms with Gasteiger partial charge in [-0.05, 0) is 83.5 Å². The van der Waals surface area contributed by atoms with Crippen molar-refractivity contribution in [2.75, 3.05) is 0 Å². The van der Waals surface area contributed by atoms with Crippen molar-refractivity contribution in [1.82, 2.24) is 0 Å². The summed E-state index contributed by atoms with van der Waals surface area (Å²) in [5, 5.41) is 0. The molecule has 106 valence electrons. The molecule has 3 heteroatoms. The fourth-order valence-electron chi connectivity index (χ4n) is 2.20. The van der Waals surface area contributed by atoms with Gasteiger partial charge in [-0.3, -0.25) is 9.59 Å². The van der Waals surface area contributed by atoms with Crippen LogP contribution in [0.4, 0.5) is 0 Å². The van der Waals surface area contributed by atoms with Crippen LogP contribution in [0.25, 0.3) is 0 Å². The maximum absolute atomic E-state index is 11.3. The maximum Gasteiger partial charge on any atom is 2.00 e. The largest absolute Gasteiger partial charge is 2.00 e. The summed E-state index contributed by atoms with van der Waals surface area (Å²) in [5.41, 5.74) is 0. The monoisotopic (exact) mass is 312 g/mol. The summed E-state index contributed by atoms with van der Waals surface area (Å²) in [6.45, 7) is 4.87. The molecule has 0 bridgehead atoms. The number of hydrogen-bond acceptors (Lipinski definition) is 2. The molecule has 0 unspecified atom stereocenters. The molecule has 2 aliphatic carbocycles. The molecular weight excluding hydrogens is 292 g/mol. The van der Waals surface area contributed by atoms with Crippen molar-refractivity contribution >= 4 is 11.6 Å². The molecule has 2 saturated carbocycles. The van der Waals surface area contributed by atoms with E-state index in [0.717, 1.165) is 5.92 Å². The van der Waals surface area contributed by atoms with Crippen LogP contribution in [0.1, 0.15) is 20.8 Å². The minimum Gasteiger partial charge on any atom is -0.299 e. The van der Waals surface area contributed by atoms with Crippen molar-refractivity contribution in [3.05, 3.63) is 63.7 Å². The average molecular weight is 312 g/mol. The molecule has 2 rings (SSSR count). The van der Waals surface area contributed by atoms with Crippen molar-refractivity contribution in [3.8, 4) is 0 Å². The first-order chi connectivity index (χ1) is 9.04. The van der Waals surface area contributed by atoms with Crippen LogP contribution in [-0.4, -0.2) is 11.6 Å². The van der Waals surface area contributed by atoms with Crippen molar-refractivity contribution in [3.63, 3.8) is 0 Å². The van der Waals surface area contributed by atoms with Crippen LogP contribution in [0.3, 0.4) is 0 Å². The first-order valence-corrected chi connectivity index (χ1v) is 6.43. The molecule has 0 N–H and O–H groups in total. The predicted molar refractivity (Wildman–Crippen MR) is 76.0 cm³/mol. The summed E-state index contributed by atoms with van der Waals surface area (Å²) in [6.07, 6.45) is 17.7. The third-order valence-corrected chi connectivity index (χ3v) is 3.15. The molecule has 2 nitrogen and oxygen atoms in total. The zero-order valence-electron chi connectivity index (χ0n) is 12.0. The van der Waals surface area contributed by atoms with E-state index in [4.69, 9.17) is 0 Å². The maximum atomic E-state index is 11.3. The Kier molecular flexibility index (Phi) is 10.5. The minimum absolute atomic E-state index is 0. The van der Waals surface area contributed by atoms with Gasteiger partial charge in [0.05, 0.1) is 5.92 Å². The minimum atomic E-state index is -0.489. The number of carbonyl (C=O) groups excluding carboxylic acids is 2. The molecule has 1 atom stereocenters. The Balaban J connectivity index is 0.000000507. The van der Waals surface area contributed by atoms with Gasteiger partial charge in [0.1, 0.15) is 11.6 Å². The average Bonchev–Trinajstić information content (AvgIpc) is 3.05. The van der Waals surface area contributed by atoms with Gasteiger partial charge in [0.25, 0.3) is 0 Å². The van der Waals surface area contributed by atoms with Crippen molar-refractivity contribution in [2.24, 2.45) is 11.8 Å². The SMILES string of the molecule is CC(=O)C(C(C)=O)[C@@H](C)[C]1[CH][CH][CH][CH]1.[CH]1[CH][CH][CH][CH]1.[Fe+2]. The normalized spacial score (nSPS) is 20.0. The van der Waals surface area contributed by atoms with Crippen LogP contribution in [0.5, 0.6) is 0 Å². The first-order valence-electron chi connectivity index (χ1n) is 6.43. The summed E-state index contributed by atoms with van der Waals surface area (Å²) < 4.78 is 0. The molecule has 0 aromatic heterocycles. The van der Waals surface area contributed by atoms with E-state index in [-0.39, 0.29) is 34.6 Å². The van der Waals surface area contributed by atoms with Crippen molar-refractivity contribution in [2.45, 2.75) is 20.8 Å². The number of Topliss-reactive ketones (excluding diaryl/α,β-unsaturated/α-hetero) is 2. The first kappa shape index (κ1) is 19.9. The number of carbonyl (C=O) groups is 2. The molecule has 10 radical (unpaired) electrons. The number of rotatable bonds is 4. The fourth-order valence-corrected chi connectivity index (χ4v) is 2.20. The summed E-state index contributed by atoms with van der Waals surface area (Å²) >= 11 is 0. The molecule has 0 heterocycles. The smallest absolute Gasteiger partial charge is 0.299 e. The Morgan fingerprint density at radius 3 is 1.45 bits per heavy atom. The van der Waals surface area contributed by atoms with E-state index in [0.29, 0.717) is 0 Å². The Morgan fingerprint density at radius 2 is 1.15 bits per heavy atom. The summed E-state index contributed by atoms with van der Waals surface area (Å²) in [7, 11) is 0. The van der Waals surface area contributed by atoms with E-state index >= 15 is 0 Å². The Bertz CT molecular complexity index is 270. The van der Waals surface area contributed by atoms with Crippen LogP contribution in [-0.2, 0) is 26.7 Å². The number of ketones is 2. The molecule has 0 saturated heterocycles. The summed E-state index contributed by atoms with van der Waals surface area (Å²) in [4.78, 5) is 22.6. The van der Waals surface area contributed by atoms with Gasteiger partial charge >= 0.3 is 17.1 Å². The quantitative estimate of drug-likeness (QED) is 0.591. The van der Waals surface area contributed by atoms with Gasteiger partial charge in [-0.1, -0.05) is 6.92 Å². The Morgan fingerprint density at radius 1 is 0.800 bits per heavy atom. The molecule has 0 amide bonds. The van der Waals surface area contributed by atoms with Crippen LogP contribution in [0, 0.1) is 75.5 Å². The van der Waals surface area contributed by atoms with Gasteiger partial charge in [-0.25, -0.2) is 0 Å². The van der Waals surface area contributed by atoms with E-state index in [2.05, 4.69) is 0 Å². The summed E-state index contributed by atoms with van der Waals surface area (Å²) in [6, 6.07) is 0. The van der Waals surface area contributed by atoms with Crippen LogP contribution < -0.4 is 0 Å². The van der Waals surface area contributed by atoms with Gasteiger partial charge in [0, 0.05) is 0 Å². The topological polar surface area (TPSA) is 34.1 Å². The molecule has 0 spiro atoms. The van der Waals surface area contributed by atoms with E-state index < -0.39 is 5.92 Å². The second-order valence-electron chi connectivity index (χ2n) is 4.67. The predicted octanol–water partition coefficient (Wildman–Crippen LogP) is 2.84. The van der Waals surface area contributed by atoms with Crippen LogP contribution in [0.2, 0.25) is 0 Å². The number of hydrogen-bond donors (Lipinski definition) is 0. The van der Waals surface area contributed by atoms with Gasteiger partial charge < -0.3 is 0 Å².